The van der Waals surface area contributed by atoms with Crippen LogP contribution in [0.1, 0.15) is 6.92 Å². The molecule has 0 saturated heterocycles. The lowest BCUT2D eigenvalue weighted by atomic mass is 10.1. The molecule has 1 atom stereocenters. The number of aromatic amines is 1. The van der Waals surface area contributed by atoms with E-state index >= 15 is 0 Å². The summed E-state index contributed by atoms with van der Waals surface area (Å²) >= 11 is 2.62. The van der Waals surface area contributed by atoms with E-state index in [9.17, 15) is 9.59 Å². The number of hydrogen-bond acceptors (Lipinski definition) is 6. The second-order valence-corrected chi connectivity index (χ2v) is 8.40. The first-order valence-electron chi connectivity index (χ1n) is 8.58. The number of thiazole rings is 1. The Morgan fingerprint density at radius 2 is 1.86 bits per heavy atom. The fourth-order valence-electron chi connectivity index (χ4n) is 2.60. The van der Waals surface area contributed by atoms with E-state index < -0.39 is 5.25 Å². The molecule has 0 bridgehead atoms. The standard InChI is InChI=1S/C20H16N4O2S2/c1-12(18(26)24-20-21-14-9-5-6-10-16(14)28-20)27-19-22-15(11-17(25)23-19)13-7-3-2-4-8-13/h2-12H,1H3,(H,21,24,26)(H,22,23,25). The minimum absolute atomic E-state index is 0.197. The second kappa shape index (κ2) is 7.95. The number of nitrogens with zero attached hydrogens (tertiary/aromatic N) is 2. The van der Waals surface area contributed by atoms with Crippen LogP contribution < -0.4 is 10.9 Å². The lowest BCUT2D eigenvalue weighted by molar-refractivity contribution is -0.115. The maximum atomic E-state index is 12.5. The molecule has 0 aliphatic rings. The number of H-pyrrole nitrogens is 1. The molecule has 4 rings (SSSR count). The summed E-state index contributed by atoms with van der Waals surface area (Å²) in [5, 5.41) is 3.34. The van der Waals surface area contributed by atoms with Gasteiger partial charge in [-0.15, -0.1) is 0 Å². The summed E-state index contributed by atoms with van der Waals surface area (Å²) in [5.41, 5.74) is 2.02. The van der Waals surface area contributed by atoms with Gasteiger partial charge in [-0.25, -0.2) is 9.97 Å². The zero-order chi connectivity index (χ0) is 19.5. The number of para-hydroxylation sites is 1. The third kappa shape index (κ3) is 4.13. The molecule has 0 saturated carbocycles. The third-order valence-corrected chi connectivity index (χ3v) is 5.91. The molecule has 140 valence electrons. The lowest BCUT2D eigenvalue weighted by Gasteiger charge is -2.10. The average molecular weight is 409 g/mol. The van der Waals surface area contributed by atoms with Gasteiger partial charge in [0.05, 0.1) is 21.2 Å². The third-order valence-electron chi connectivity index (χ3n) is 3.97. The first-order chi connectivity index (χ1) is 13.6. The van der Waals surface area contributed by atoms with Crippen molar-refractivity contribution < 1.29 is 4.79 Å². The van der Waals surface area contributed by atoms with Crippen LogP contribution in [-0.2, 0) is 4.79 Å². The highest BCUT2D eigenvalue weighted by Gasteiger charge is 2.18. The van der Waals surface area contributed by atoms with Crippen LogP contribution in [0.5, 0.6) is 0 Å². The van der Waals surface area contributed by atoms with E-state index in [1.807, 2.05) is 54.6 Å². The highest BCUT2D eigenvalue weighted by atomic mass is 32.2. The zero-order valence-electron chi connectivity index (χ0n) is 14.9. The SMILES string of the molecule is CC(Sc1nc(-c2ccccc2)cc(=O)[nH]1)C(=O)Nc1nc2ccccc2s1. The Morgan fingerprint density at radius 1 is 1.11 bits per heavy atom. The molecule has 2 N–H and O–H groups in total. The highest BCUT2D eigenvalue weighted by molar-refractivity contribution is 8.00. The summed E-state index contributed by atoms with van der Waals surface area (Å²) in [5.74, 6) is -0.197. The van der Waals surface area contributed by atoms with E-state index in [2.05, 4.69) is 20.3 Å². The summed E-state index contributed by atoms with van der Waals surface area (Å²) in [6.07, 6.45) is 0. The molecular formula is C20H16N4O2S2. The van der Waals surface area contributed by atoms with Crippen LogP contribution in [-0.4, -0.2) is 26.1 Å². The Balaban J connectivity index is 1.49. The second-order valence-electron chi connectivity index (χ2n) is 6.04. The maximum absolute atomic E-state index is 12.5. The number of fused-ring (bicyclic) bond motifs is 1. The monoisotopic (exact) mass is 408 g/mol. The largest absolute Gasteiger partial charge is 0.301 e. The molecule has 8 heteroatoms. The molecule has 0 radical (unpaired) electrons. The molecule has 0 aliphatic carbocycles. The van der Waals surface area contributed by atoms with Crippen molar-refractivity contribution in [3.63, 3.8) is 0 Å². The van der Waals surface area contributed by atoms with Gasteiger partial charge in [0.1, 0.15) is 0 Å². The van der Waals surface area contributed by atoms with Crippen molar-refractivity contribution in [2.24, 2.45) is 0 Å². The van der Waals surface area contributed by atoms with Gasteiger partial charge in [-0.3, -0.25) is 9.59 Å². The van der Waals surface area contributed by atoms with Gasteiger partial charge >= 0.3 is 0 Å². The summed E-state index contributed by atoms with van der Waals surface area (Å²) in [6, 6.07) is 18.6. The molecule has 2 aromatic carbocycles. The summed E-state index contributed by atoms with van der Waals surface area (Å²) in [4.78, 5) is 36.1. The molecule has 1 amide bonds. The van der Waals surface area contributed by atoms with Crippen molar-refractivity contribution in [3.05, 3.63) is 71.0 Å². The highest BCUT2D eigenvalue weighted by Crippen LogP contribution is 2.27. The normalized spacial score (nSPS) is 12.0. The maximum Gasteiger partial charge on any atom is 0.252 e. The summed E-state index contributed by atoms with van der Waals surface area (Å²) in [6.45, 7) is 1.77. The number of anilines is 1. The Labute approximate surface area is 169 Å². The molecule has 4 aromatic rings. The van der Waals surface area contributed by atoms with Crippen molar-refractivity contribution in [1.29, 1.82) is 0 Å². The van der Waals surface area contributed by atoms with Gasteiger partial charge in [0.2, 0.25) is 5.91 Å². The molecule has 2 heterocycles. The van der Waals surface area contributed by atoms with E-state index in [1.54, 1.807) is 6.92 Å². The van der Waals surface area contributed by atoms with Gasteiger partial charge in [-0.1, -0.05) is 65.6 Å². The van der Waals surface area contributed by atoms with Gasteiger partial charge in [-0.2, -0.15) is 0 Å². The fourth-order valence-corrected chi connectivity index (χ4v) is 4.28. The van der Waals surface area contributed by atoms with Crippen LogP contribution in [0.15, 0.2) is 70.6 Å². The first-order valence-corrected chi connectivity index (χ1v) is 10.3. The van der Waals surface area contributed by atoms with Gasteiger partial charge < -0.3 is 10.3 Å². The Morgan fingerprint density at radius 3 is 2.64 bits per heavy atom. The Kier molecular flexibility index (Phi) is 5.23. The van der Waals surface area contributed by atoms with Gasteiger partial charge in [-0.05, 0) is 19.1 Å². The summed E-state index contributed by atoms with van der Waals surface area (Å²) in [7, 11) is 0. The Bertz CT molecular complexity index is 1150. The number of rotatable bonds is 5. The fraction of sp³-hybridized carbons (Fsp3) is 0.100. The number of carbonyl (C=O) groups excluding carboxylic acids is 1. The number of nitrogens with one attached hydrogen (secondary N) is 2. The smallest absolute Gasteiger partial charge is 0.252 e. The van der Waals surface area contributed by atoms with Crippen LogP contribution in [0.3, 0.4) is 0 Å². The molecule has 0 fully saturated rings. The van der Waals surface area contributed by atoms with E-state index in [0.29, 0.717) is 16.0 Å². The van der Waals surface area contributed by atoms with Crippen molar-refractivity contribution in [2.75, 3.05) is 5.32 Å². The quantitative estimate of drug-likeness (QED) is 0.382. The van der Waals surface area contributed by atoms with E-state index in [1.165, 1.54) is 29.2 Å². The molecule has 0 spiro atoms. The van der Waals surface area contributed by atoms with E-state index in [0.717, 1.165) is 15.8 Å². The Hall–Kier alpha value is -2.97. The van der Waals surface area contributed by atoms with Crippen molar-refractivity contribution in [1.82, 2.24) is 15.0 Å². The van der Waals surface area contributed by atoms with Crippen molar-refractivity contribution >= 4 is 44.4 Å². The molecule has 1 unspecified atom stereocenters. The number of amides is 1. The van der Waals surface area contributed by atoms with Crippen LogP contribution >= 0.6 is 23.1 Å². The number of benzene rings is 2. The van der Waals surface area contributed by atoms with Crippen LogP contribution in [0.2, 0.25) is 0 Å². The first kappa shape index (κ1) is 18.4. The minimum Gasteiger partial charge on any atom is -0.301 e. The predicted octanol–water partition coefficient (Wildman–Crippen LogP) is 4.17. The van der Waals surface area contributed by atoms with E-state index in [-0.39, 0.29) is 11.5 Å². The molecule has 0 aliphatic heterocycles. The lowest BCUT2D eigenvalue weighted by Crippen LogP contribution is -2.23. The number of hydrogen-bond donors (Lipinski definition) is 2. The van der Waals surface area contributed by atoms with Crippen molar-refractivity contribution in [3.8, 4) is 11.3 Å². The molecule has 2 aromatic heterocycles. The van der Waals surface area contributed by atoms with Crippen LogP contribution in [0.25, 0.3) is 21.5 Å². The number of carbonyl (C=O) groups is 1. The zero-order valence-corrected chi connectivity index (χ0v) is 16.5. The van der Waals surface area contributed by atoms with Gasteiger partial charge in [0.25, 0.3) is 5.56 Å². The van der Waals surface area contributed by atoms with Gasteiger partial charge in [0.15, 0.2) is 10.3 Å². The molecule has 6 nitrogen and oxygen atoms in total. The predicted molar refractivity (Wildman–Crippen MR) is 114 cm³/mol. The average Bonchev–Trinajstić information content (AvgIpc) is 3.10. The molecular weight excluding hydrogens is 392 g/mol. The van der Waals surface area contributed by atoms with Crippen LogP contribution in [0, 0.1) is 0 Å². The van der Waals surface area contributed by atoms with E-state index in [4.69, 9.17) is 0 Å². The van der Waals surface area contributed by atoms with Crippen molar-refractivity contribution in [2.45, 2.75) is 17.3 Å². The topological polar surface area (TPSA) is 87.7 Å². The van der Waals surface area contributed by atoms with Gasteiger partial charge in [0, 0.05) is 11.6 Å². The summed E-state index contributed by atoms with van der Waals surface area (Å²) < 4.78 is 1.01. The number of aromatic nitrogens is 3. The van der Waals surface area contributed by atoms with Crippen LogP contribution in [0.4, 0.5) is 5.13 Å². The molecule has 28 heavy (non-hydrogen) atoms. The number of thioether (sulfide) groups is 1. The minimum atomic E-state index is -0.457.